The standard InChI is InChI=1S/C12H22N2O2/c1-5-12(13,6-2)8-15-7-11-14-9(3)10(4)16-11/h5-8,13H2,1-4H3. The Balaban J connectivity index is 2.41. The molecule has 0 saturated carbocycles. The molecule has 92 valence electrons. The van der Waals surface area contributed by atoms with Gasteiger partial charge < -0.3 is 14.9 Å². The van der Waals surface area contributed by atoms with Gasteiger partial charge in [0.2, 0.25) is 5.89 Å². The third-order valence-corrected chi connectivity index (χ3v) is 3.10. The molecule has 0 bridgehead atoms. The van der Waals surface area contributed by atoms with Gasteiger partial charge in [-0.15, -0.1) is 0 Å². The second-order valence-corrected chi connectivity index (χ2v) is 4.31. The van der Waals surface area contributed by atoms with E-state index in [4.69, 9.17) is 14.9 Å². The van der Waals surface area contributed by atoms with Crippen LogP contribution >= 0.6 is 0 Å². The van der Waals surface area contributed by atoms with Gasteiger partial charge in [0.15, 0.2) is 0 Å². The average Bonchev–Trinajstić information content (AvgIpc) is 2.58. The predicted molar refractivity (Wildman–Crippen MR) is 63.1 cm³/mol. The van der Waals surface area contributed by atoms with Crippen LogP contribution in [-0.2, 0) is 11.3 Å². The maximum atomic E-state index is 6.12. The summed E-state index contributed by atoms with van der Waals surface area (Å²) in [6.07, 6.45) is 1.82. The molecule has 0 fully saturated rings. The van der Waals surface area contributed by atoms with Crippen LogP contribution in [0.2, 0.25) is 0 Å². The molecule has 0 saturated heterocycles. The van der Waals surface area contributed by atoms with E-state index >= 15 is 0 Å². The fourth-order valence-electron chi connectivity index (χ4n) is 1.40. The Hall–Kier alpha value is -0.870. The lowest BCUT2D eigenvalue weighted by Crippen LogP contribution is -2.43. The van der Waals surface area contributed by atoms with E-state index < -0.39 is 0 Å². The highest BCUT2D eigenvalue weighted by molar-refractivity contribution is 5.04. The zero-order valence-corrected chi connectivity index (χ0v) is 10.7. The summed E-state index contributed by atoms with van der Waals surface area (Å²) in [6.45, 7) is 8.91. The molecule has 4 nitrogen and oxygen atoms in total. The molecule has 2 N–H and O–H groups in total. The molecule has 0 atom stereocenters. The van der Waals surface area contributed by atoms with E-state index in [1.54, 1.807) is 0 Å². The molecule has 0 radical (unpaired) electrons. The molecule has 1 rings (SSSR count). The Kier molecular flexibility index (Phi) is 4.50. The van der Waals surface area contributed by atoms with E-state index in [0.717, 1.165) is 24.3 Å². The van der Waals surface area contributed by atoms with E-state index in [-0.39, 0.29) is 5.54 Å². The number of ether oxygens (including phenoxy) is 1. The Morgan fingerprint density at radius 2 is 1.94 bits per heavy atom. The van der Waals surface area contributed by atoms with Crippen molar-refractivity contribution in [3.05, 3.63) is 17.3 Å². The summed E-state index contributed by atoms with van der Waals surface area (Å²) in [4.78, 5) is 4.25. The lowest BCUT2D eigenvalue weighted by Gasteiger charge is -2.25. The monoisotopic (exact) mass is 226 g/mol. The maximum absolute atomic E-state index is 6.12. The molecule has 1 aromatic rings. The van der Waals surface area contributed by atoms with Gasteiger partial charge in [-0.1, -0.05) is 13.8 Å². The van der Waals surface area contributed by atoms with Crippen molar-refractivity contribution in [3.8, 4) is 0 Å². The number of nitrogens with zero attached hydrogens (tertiary/aromatic N) is 1. The Morgan fingerprint density at radius 1 is 1.31 bits per heavy atom. The zero-order valence-electron chi connectivity index (χ0n) is 10.7. The van der Waals surface area contributed by atoms with Crippen LogP contribution in [0.15, 0.2) is 4.42 Å². The normalized spacial score (nSPS) is 12.1. The number of rotatable bonds is 6. The molecule has 0 aromatic carbocycles. The fraction of sp³-hybridized carbons (Fsp3) is 0.750. The van der Waals surface area contributed by atoms with Crippen molar-refractivity contribution < 1.29 is 9.15 Å². The summed E-state index contributed by atoms with van der Waals surface area (Å²) in [7, 11) is 0. The third kappa shape index (κ3) is 3.32. The SMILES string of the molecule is CCC(N)(CC)COCc1nc(C)c(C)o1. The van der Waals surface area contributed by atoms with Gasteiger partial charge in [0.05, 0.1) is 12.3 Å². The molecule has 0 amide bonds. The molecular formula is C12H22N2O2. The van der Waals surface area contributed by atoms with Crippen LogP contribution in [0, 0.1) is 13.8 Å². The number of oxazole rings is 1. The summed E-state index contributed by atoms with van der Waals surface area (Å²) in [5.41, 5.74) is 6.81. The Labute approximate surface area is 97.2 Å². The van der Waals surface area contributed by atoms with Gasteiger partial charge in [-0.2, -0.15) is 0 Å². The molecule has 0 unspecified atom stereocenters. The van der Waals surface area contributed by atoms with Gasteiger partial charge in [0.1, 0.15) is 12.4 Å². The predicted octanol–water partition coefficient (Wildman–Crippen LogP) is 2.33. The van der Waals surface area contributed by atoms with Crippen molar-refractivity contribution in [1.82, 2.24) is 4.98 Å². The zero-order chi connectivity index (χ0) is 12.2. The summed E-state index contributed by atoms with van der Waals surface area (Å²) >= 11 is 0. The van der Waals surface area contributed by atoms with Gasteiger partial charge in [-0.05, 0) is 26.7 Å². The molecule has 4 heteroatoms. The first-order valence-electron chi connectivity index (χ1n) is 5.80. The number of hydrogen-bond acceptors (Lipinski definition) is 4. The van der Waals surface area contributed by atoms with Crippen LogP contribution in [0.1, 0.15) is 44.0 Å². The van der Waals surface area contributed by atoms with Gasteiger partial charge in [0, 0.05) is 5.54 Å². The molecule has 1 heterocycles. The van der Waals surface area contributed by atoms with E-state index in [2.05, 4.69) is 18.8 Å². The van der Waals surface area contributed by atoms with Crippen molar-refractivity contribution >= 4 is 0 Å². The largest absolute Gasteiger partial charge is 0.443 e. The number of aryl methyl sites for hydroxylation is 2. The maximum Gasteiger partial charge on any atom is 0.220 e. The quantitative estimate of drug-likeness (QED) is 0.808. The third-order valence-electron chi connectivity index (χ3n) is 3.10. The first-order chi connectivity index (χ1) is 7.50. The lowest BCUT2D eigenvalue weighted by molar-refractivity contribution is 0.0568. The van der Waals surface area contributed by atoms with Crippen LogP contribution in [0.5, 0.6) is 0 Å². The van der Waals surface area contributed by atoms with Gasteiger partial charge in [-0.25, -0.2) is 4.98 Å². The Bertz CT molecular complexity index is 310. The van der Waals surface area contributed by atoms with E-state index in [9.17, 15) is 0 Å². The molecule has 0 aliphatic rings. The number of hydrogen-bond donors (Lipinski definition) is 1. The summed E-state index contributed by atoms with van der Waals surface area (Å²) < 4.78 is 11.0. The Morgan fingerprint density at radius 3 is 2.38 bits per heavy atom. The summed E-state index contributed by atoms with van der Waals surface area (Å²) in [5, 5.41) is 0. The van der Waals surface area contributed by atoms with Crippen LogP contribution in [0.4, 0.5) is 0 Å². The van der Waals surface area contributed by atoms with Crippen LogP contribution in [0.3, 0.4) is 0 Å². The second-order valence-electron chi connectivity index (χ2n) is 4.31. The second kappa shape index (κ2) is 5.46. The minimum Gasteiger partial charge on any atom is -0.443 e. The average molecular weight is 226 g/mol. The van der Waals surface area contributed by atoms with E-state index in [1.807, 2.05) is 13.8 Å². The minimum atomic E-state index is -0.226. The van der Waals surface area contributed by atoms with Crippen molar-refractivity contribution in [2.24, 2.45) is 5.73 Å². The van der Waals surface area contributed by atoms with Crippen molar-refractivity contribution in [2.45, 2.75) is 52.7 Å². The van der Waals surface area contributed by atoms with Gasteiger partial charge in [0.25, 0.3) is 0 Å². The highest BCUT2D eigenvalue weighted by atomic mass is 16.5. The van der Waals surface area contributed by atoms with Crippen molar-refractivity contribution in [2.75, 3.05) is 6.61 Å². The van der Waals surface area contributed by atoms with Crippen LogP contribution in [0.25, 0.3) is 0 Å². The summed E-state index contributed by atoms with van der Waals surface area (Å²) in [6, 6.07) is 0. The number of aromatic nitrogens is 1. The highest BCUT2D eigenvalue weighted by Gasteiger charge is 2.20. The van der Waals surface area contributed by atoms with Crippen molar-refractivity contribution in [3.63, 3.8) is 0 Å². The fourth-order valence-corrected chi connectivity index (χ4v) is 1.40. The first kappa shape index (κ1) is 13.2. The smallest absolute Gasteiger partial charge is 0.220 e. The highest BCUT2D eigenvalue weighted by Crippen LogP contribution is 2.14. The molecule has 16 heavy (non-hydrogen) atoms. The van der Waals surface area contributed by atoms with E-state index in [0.29, 0.717) is 19.1 Å². The van der Waals surface area contributed by atoms with Gasteiger partial charge >= 0.3 is 0 Å². The molecular weight excluding hydrogens is 204 g/mol. The van der Waals surface area contributed by atoms with Crippen molar-refractivity contribution in [1.29, 1.82) is 0 Å². The van der Waals surface area contributed by atoms with Crippen LogP contribution in [-0.4, -0.2) is 17.1 Å². The van der Waals surface area contributed by atoms with Gasteiger partial charge in [-0.3, -0.25) is 0 Å². The molecule has 0 aliphatic heterocycles. The first-order valence-corrected chi connectivity index (χ1v) is 5.80. The topological polar surface area (TPSA) is 61.3 Å². The van der Waals surface area contributed by atoms with E-state index in [1.165, 1.54) is 0 Å². The van der Waals surface area contributed by atoms with Crippen LogP contribution < -0.4 is 5.73 Å². The lowest BCUT2D eigenvalue weighted by atomic mass is 9.96. The number of nitrogens with two attached hydrogens (primary N) is 1. The summed E-state index contributed by atoms with van der Waals surface area (Å²) in [5.74, 6) is 1.48. The minimum absolute atomic E-state index is 0.226. The molecule has 0 aliphatic carbocycles. The molecule has 0 spiro atoms. The molecule has 1 aromatic heterocycles.